The highest BCUT2D eigenvalue weighted by atomic mass is 19.1. The van der Waals surface area contributed by atoms with Crippen LogP contribution >= 0.6 is 0 Å². The molecule has 2 aromatic carbocycles. The predicted octanol–water partition coefficient (Wildman–Crippen LogP) is 6.59. The summed E-state index contributed by atoms with van der Waals surface area (Å²) in [4.78, 5) is 12.0. The number of esters is 1. The smallest absolute Gasteiger partial charge is 0.307 e. The largest absolute Gasteiger partial charge is 0.493 e. The van der Waals surface area contributed by atoms with Crippen LogP contribution in [0.2, 0.25) is 0 Å². The van der Waals surface area contributed by atoms with Crippen LogP contribution in [0.1, 0.15) is 78.8 Å². The van der Waals surface area contributed by atoms with Crippen LogP contribution in [0.5, 0.6) is 5.75 Å². The lowest BCUT2D eigenvalue weighted by Gasteiger charge is -2.22. The van der Waals surface area contributed by atoms with Crippen LogP contribution in [0.4, 0.5) is 4.39 Å². The average Bonchev–Trinajstić information content (AvgIpc) is 3.60. The first-order valence-corrected chi connectivity index (χ1v) is 11.9. The van der Waals surface area contributed by atoms with Crippen LogP contribution in [-0.4, -0.2) is 19.2 Å². The Kier molecular flexibility index (Phi) is 8.30. The molecule has 3 rings (SSSR count). The lowest BCUT2D eigenvalue weighted by molar-refractivity contribution is -0.143. The minimum Gasteiger partial charge on any atom is -0.493 e. The van der Waals surface area contributed by atoms with Gasteiger partial charge >= 0.3 is 5.97 Å². The van der Waals surface area contributed by atoms with Crippen molar-refractivity contribution in [2.24, 2.45) is 5.73 Å². The number of halogens is 1. The molecule has 0 heterocycles. The number of rotatable bonds is 11. The monoisotopic (exact) mass is 453 g/mol. The summed E-state index contributed by atoms with van der Waals surface area (Å²) in [5.41, 5.74) is 12.5. The van der Waals surface area contributed by atoms with E-state index >= 15 is 4.39 Å². The maximum atomic E-state index is 15.5. The third kappa shape index (κ3) is 5.83. The second kappa shape index (κ2) is 11.0. The van der Waals surface area contributed by atoms with Gasteiger partial charge in [-0.2, -0.15) is 0 Å². The van der Waals surface area contributed by atoms with Crippen molar-refractivity contribution >= 4 is 5.97 Å². The maximum absolute atomic E-state index is 15.5. The van der Waals surface area contributed by atoms with Crippen LogP contribution in [0.15, 0.2) is 30.9 Å². The molecule has 0 bridgehead atoms. The number of carbonyl (C=O) groups is 1. The Bertz CT molecular complexity index is 1030. The summed E-state index contributed by atoms with van der Waals surface area (Å²) in [6.45, 7) is 12.6. The number of hydrogen-bond acceptors (Lipinski definition) is 4. The van der Waals surface area contributed by atoms with Crippen molar-refractivity contribution < 1.29 is 18.7 Å². The van der Waals surface area contributed by atoms with Gasteiger partial charge in [0.15, 0.2) is 0 Å². The van der Waals surface area contributed by atoms with Crippen molar-refractivity contribution in [3.8, 4) is 16.9 Å². The number of aryl methyl sites for hydroxylation is 2. The average molecular weight is 454 g/mol. The summed E-state index contributed by atoms with van der Waals surface area (Å²) in [5, 5.41) is 0. The second-order valence-electron chi connectivity index (χ2n) is 8.98. The standard InChI is InChI=1S/C28H36FNO3/c1-6-8-9-12-33-28-19(5)17(3)13-18(4)26(28)21-14-22(20-10-11-20)27(29)23(15-21)24(30)16-25(31)32-7-2/h6,13-15,20,24H,1,7-12,16,30H2,2-5H3/t24-/m0/s1. The van der Waals surface area contributed by atoms with Crippen molar-refractivity contribution in [1.82, 2.24) is 0 Å². The van der Waals surface area contributed by atoms with Gasteiger partial charge in [0.1, 0.15) is 11.6 Å². The minimum absolute atomic E-state index is 0.0604. The highest BCUT2D eigenvalue weighted by molar-refractivity contribution is 5.78. The van der Waals surface area contributed by atoms with E-state index in [1.807, 2.05) is 12.1 Å². The molecule has 0 radical (unpaired) electrons. The molecule has 5 heteroatoms. The van der Waals surface area contributed by atoms with Crippen LogP contribution in [0.25, 0.3) is 11.1 Å². The Hall–Kier alpha value is -2.66. The molecule has 1 aliphatic carbocycles. The number of unbranched alkanes of at least 4 members (excludes halogenated alkanes) is 1. The quantitative estimate of drug-likeness (QED) is 0.237. The van der Waals surface area contributed by atoms with Gasteiger partial charge in [-0.3, -0.25) is 4.79 Å². The van der Waals surface area contributed by atoms with Gasteiger partial charge in [0, 0.05) is 17.2 Å². The molecule has 2 N–H and O–H groups in total. The first-order chi connectivity index (χ1) is 15.8. The van der Waals surface area contributed by atoms with Crippen molar-refractivity contribution in [2.75, 3.05) is 13.2 Å². The minimum atomic E-state index is -0.773. The molecular weight excluding hydrogens is 417 g/mol. The van der Waals surface area contributed by atoms with E-state index in [1.165, 1.54) is 0 Å². The molecule has 178 valence electrons. The number of ether oxygens (including phenoxy) is 2. The number of nitrogens with two attached hydrogens (primary N) is 1. The molecule has 1 saturated carbocycles. The predicted molar refractivity (Wildman–Crippen MR) is 131 cm³/mol. The Balaban J connectivity index is 2.10. The van der Waals surface area contributed by atoms with E-state index in [1.54, 1.807) is 13.0 Å². The third-order valence-corrected chi connectivity index (χ3v) is 6.31. The zero-order valence-electron chi connectivity index (χ0n) is 20.3. The summed E-state index contributed by atoms with van der Waals surface area (Å²) in [7, 11) is 0. The zero-order chi connectivity index (χ0) is 24.1. The van der Waals surface area contributed by atoms with Gasteiger partial charge in [0.25, 0.3) is 0 Å². The molecule has 0 amide bonds. The summed E-state index contributed by atoms with van der Waals surface area (Å²) in [6, 6.07) is 5.10. The zero-order valence-corrected chi connectivity index (χ0v) is 20.3. The molecule has 33 heavy (non-hydrogen) atoms. The third-order valence-electron chi connectivity index (χ3n) is 6.31. The van der Waals surface area contributed by atoms with E-state index in [9.17, 15) is 4.79 Å². The van der Waals surface area contributed by atoms with Gasteiger partial charge < -0.3 is 15.2 Å². The number of hydrogen-bond donors (Lipinski definition) is 1. The van der Waals surface area contributed by atoms with E-state index in [-0.39, 0.29) is 24.8 Å². The first kappa shape index (κ1) is 25.0. The molecule has 0 aliphatic heterocycles. The van der Waals surface area contributed by atoms with Crippen molar-refractivity contribution in [3.63, 3.8) is 0 Å². The van der Waals surface area contributed by atoms with Crippen molar-refractivity contribution in [2.45, 2.75) is 71.8 Å². The lowest BCUT2D eigenvalue weighted by atomic mass is 9.89. The Morgan fingerprint density at radius 3 is 2.61 bits per heavy atom. The fourth-order valence-corrected chi connectivity index (χ4v) is 4.28. The van der Waals surface area contributed by atoms with Gasteiger partial charge in [-0.1, -0.05) is 12.1 Å². The molecule has 1 atom stereocenters. The van der Waals surface area contributed by atoms with Gasteiger partial charge in [-0.05, 0) is 99.2 Å². The molecular formula is C28H36FNO3. The lowest BCUT2D eigenvalue weighted by Crippen LogP contribution is -2.19. The Labute approximate surface area is 197 Å². The van der Waals surface area contributed by atoms with Crippen molar-refractivity contribution in [3.05, 3.63) is 64.5 Å². The second-order valence-corrected chi connectivity index (χ2v) is 8.98. The van der Waals surface area contributed by atoms with E-state index in [2.05, 4.69) is 33.4 Å². The van der Waals surface area contributed by atoms with E-state index < -0.39 is 12.0 Å². The van der Waals surface area contributed by atoms with Crippen LogP contribution in [0, 0.1) is 26.6 Å². The van der Waals surface area contributed by atoms with Crippen LogP contribution < -0.4 is 10.5 Å². The molecule has 1 aliphatic rings. The van der Waals surface area contributed by atoms with Crippen LogP contribution in [-0.2, 0) is 9.53 Å². The van der Waals surface area contributed by atoms with E-state index in [4.69, 9.17) is 15.2 Å². The number of allylic oxidation sites excluding steroid dienone is 1. The molecule has 1 fully saturated rings. The maximum Gasteiger partial charge on any atom is 0.307 e. The topological polar surface area (TPSA) is 61.5 Å². The van der Waals surface area contributed by atoms with Gasteiger partial charge in [0.05, 0.1) is 19.6 Å². The highest BCUT2D eigenvalue weighted by Gasteiger charge is 2.31. The van der Waals surface area contributed by atoms with Gasteiger partial charge in [-0.25, -0.2) is 4.39 Å². The Morgan fingerprint density at radius 1 is 1.24 bits per heavy atom. The molecule has 0 aromatic heterocycles. The number of carbonyl (C=O) groups excluding carboxylic acids is 1. The Morgan fingerprint density at radius 2 is 1.97 bits per heavy atom. The van der Waals surface area contributed by atoms with Gasteiger partial charge in [-0.15, -0.1) is 6.58 Å². The van der Waals surface area contributed by atoms with E-state index in [0.717, 1.165) is 59.3 Å². The molecule has 0 saturated heterocycles. The fraction of sp³-hybridized carbons (Fsp3) is 0.464. The summed E-state index contributed by atoms with van der Waals surface area (Å²) >= 11 is 0. The SMILES string of the molecule is C=CCCCOc1c(C)c(C)cc(C)c1-c1cc(C2CC2)c(F)c([C@@H](N)CC(=O)OCC)c1. The van der Waals surface area contributed by atoms with Gasteiger partial charge in [0.2, 0.25) is 0 Å². The summed E-state index contributed by atoms with van der Waals surface area (Å²) < 4.78 is 26.8. The molecule has 0 unspecified atom stereocenters. The first-order valence-electron chi connectivity index (χ1n) is 11.9. The normalized spacial score (nSPS) is 14.1. The summed E-state index contributed by atoms with van der Waals surface area (Å²) in [6.07, 6.45) is 5.51. The molecule has 0 spiro atoms. The highest BCUT2D eigenvalue weighted by Crippen LogP contribution is 2.46. The van der Waals surface area contributed by atoms with Crippen molar-refractivity contribution in [1.29, 1.82) is 0 Å². The number of benzene rings is 2. The van der Waals surface area contributed by atoms with Crippen LogP contribution in [0.3, 0.4) is 0 Å². The molecule has 4 nitrogen and oxygen atoms in total. The molecule has 2 aromatic rings. The fourth-order valence-electron chi connectivity index (χ4n) is 4.28. The van der Waals surface area contributed by atoms with E-state index in [0.29, 0.717) is 17.7 Å². The summed E-state index contributed by atoms with van der Waals surface area (Å²) in [5.74, 6) is 0.307.